The quantitative estimate of drug-likeness (QED) is 0.804. The lowest BCUT2D eigenvalue weighted by Crippen LogP contribution is -2.04. The SMILES string of the molecule is COc1ccc2c(c1)nc(N)n2Cc1ccc(Cl)cc1. The summed E-state index contributed by atoms with van der Waals surface area (Å²) in [5.74, 6) is 1.26. The molecule has 0 aliphatic carbocycles. The molecule has 102 valence electrons. The number of aromatic nitrogens is 2. The summed E-state index contributed by atoms with van der Waals surface area (Å²) in [5, 5.41) is 0.724. The Kier molecular flexibility index (Phi) is 3.24. The number of nitrogen functional groups attached to an aromatic ring is 1. The largest absolute Gasteiger partial charge is 0.497 e. The number of anilines is 1. The molecule has 3 rings (SSSR count). The second-order valence-corrected chi connectivity index (χ2v) is 4.97. The number of benzene rings is 2. The highest BCUT2D eigenvalue weighted by Crippen LogP contribution is 2.24. The highest BCUT2D eigenvalue weighted by molar-refractivity contribution is 6.30. The molecule has 0 fully saturated rings. The number of halogens is 1. The molecule has 0 amide bonds. The average molecular weight is 288 g/mol. The van der Waals surface area contributed by atoms with Crippen LogP contribution in [-0.4, -0.2) is 16.7 Å². The third-order valence-electron chi connectivity index (χ3n) is 3.24. The van der Waals surface area contributed by atoms with Gasteiger partial charge in [0.1, 0.15) is 5.75 Å². The molecule has 1 heterocycles. The predicted molar refractivity (Wildman–Crippen MR) is 81.3 cm³/mol. The molecular weight excluding hydrogens is 274 g/mol. The van der Waals surface area contributed by atoms with Gasteiger partial charge in [-0.05, 0) is 29.8 Å². The highest BCUT2D eigenvalue weighted by atomic mass is 35.5. The van der Waals surface area contributed by atoms with E-state index in [0.29, 0.717) is 12.5 Å². The zero-order valence-corrected chi connectivity index (χ0v) is 11.8. The molecule has 2 aromatic carbocycles. The Morgan fingerprint density at radius 3 is 2.65 bits per heavy atom. The van der Waals surface area contributed by atoms with Crippen molar-refractivity contribution in [2.24, 2.45) is 0 Å². The summed E-state index contributed by atoms with van der Waals surface area (Å²) in [6.07, 6.45) is 0. The summed E-state index contributed by atoms with van der Waals surface area (Å²) >= 11 is 5.90. The topological polar surface area (TPSA) is 53.1 Å². The molecule has 0 bridgehead atoms. The highest BCUT2D eigenvalue weighted by Gasteiger charge is 2.09. The molecule has 0 saturated heterocycles. The Labute approximate surface area is 121 Å². The minimum atomic E-state index is 0.489. The Balaban J connectivity index is 2.02. The van der Waals surface area contributed by atoms with Crippen molar-refractivity contribution in [1.82, 2.24) is 9.55 Å². The number of nitrogens with two attached hydrogens (primary N) is 1. The summed E-state index contributed by atoms with van der Waals surface area (Å²) in [4.78, 5) is 4.37. The lowest BCUT2D eigenvalue weighted by atomic mass is 10.2. The van der Waals surface area contributed by atoms with Gasteiger partial charge in [0.15, 0.2) is 0 Å². The van der Waals surface area contributed by atoms with E-state index in [1.54, 1.807) is 7.11 Å². The molecular formula is C15H14ClN3O. The summed E-state index contributed by atoms with van der Waals surface area (Å²) in [7, 11) is 1.63. The average Bonchev–Trinajstić information content (AvgIpc) is 2.76. The maximum Gasteiger partial charge on any atom is 0.201 e. The van der Waals surface area contributed by atoms with Crippen LogP contribution in [0.3, 0.4) is 0 Å². The van der Waals surface area contributed by atoms with Crippen molar-refractivity contribution in [3.8, 4) is 5.75 Å². The van der Waals surface area contributed by atoms with Gasteiger partial charge < -0.3 is 15.0 Å². The van der Waals surface area contributed by atoms with Gasteiger partial charge in [-0.2, -0.15) is 0 Å². The number of nitrogens with zero attached hydrogens (tertiary/aromatic N) is 2. The van der Waals surface area contributed by atoms with Gasteiger partial charge in [-0.15, -0.1) is 0 Å². The van der Waals surface area contributed by atoms with E-state index in [1.165, 1.54) is 0 Å². The Hall–Kier alpha value is -2.20. The number of hydrogen-bond acceptors (Lipinski definition) is 3. The third-order valence-corrected chi connectivity index (χ3v) is 3.49. The van der Waals surface area contributed by atoms with Gasteiger partial charge in [0, 0.05) is 11.1 Å². The van der Waals surface area contributed by atoms with E-state index in [-0.39, 0.29) is 0 Å². The Bertz CT molecular complexity index is 750. The van der Waals surface area contributed by atoms with E-state index in [0.717, 1.165) is 27.4 Å². The zero-order chi connectivity index (χ0) is 14.1. The molecule has 2 N–H and O–H groups in total. The number of rotatable bonds is 3. The van der Waals surface area contributed by atoms with E-state index in [4.69, 9.17) is 22.1 Å². The number of fused-ring (bicyclic) bond motifs is 1. The first-order valence-corrected chi connectivity index (χ1v) is 6.59. The van der Waals surface area contributed by atoms with Crippen molar-refractivity contribution >= 4 is 28.6 Å². The Morgan fingerprint density at radius 1 is 1.20 bits per heavy atom. The molecule has 1 aromatic heterocycles. The van der Waals surface area contributed by atoms with E-state index >= 15 is 0 Å². The van der Waals surface area contributed by atoms with Crippen molar-refractivity contribution < 1.29 is 4.74 Å². The fourth-order valence-electron chi connectivity index (χ4n) is 2.19. The molecule has 20 heavy (non-hydrogen) atoms. The Morgan fingerprint density at radius 2 is 1.95 bits per heavy atom. The van der Waals surface area contributed by atoms with Crippen LogP contribution in [0.5, 0.6) is 5.75 Å². The number of methoxy groups -OCH3 is 1. The molecule has 0 unspecified atom stereocenters. The van der Waals surface area contributed by atoms with E-state index in [9.17, 15) is 0 Å². The van der Waals surface area contributed by atoms with E-state index < -0.39 is 0 Å². The maximum atomic E-state index is 6.01. The van der Waals surface area contributed by atoms with E-state index in [1.807, 2.05) is 47.0 Å². The first kappa shape index (κ1) is 12.8. The number of imidazole rings is 1. The van der Waals surface area contributed by atoms with Crippen molar-refractivity contribution in [2.45, 2.75) is 6.54 Å². The molecule has 0 aliphatic rings. The lowest BCUT2D eigenvalue weighted by Gasteiger charge is -2.07. The van der Waals surface area contributed by atoms with Gasteiger partial charge in [0.2, 0.25) is 5.95 Å². The second kappa shape index (κ2) is 5.06. The minimum Gasteiger partial charge on any atom is -0.497 e. The molecule has 4 nitrogen and oxygen atoms in total. The van der Waals surface area contributed by atoms with Gasteiger partial charge in [0.05, 0.1) is 24.7 Å². The van der Waals surface area contributed by atoms with Crippen LogP contribution in [0.4, 0.5) is 5.95 Å². The fraction of sp³-hybridized carbons (Fsp3) is 0.133. The third kappa shape index (κ3) is 2.30. The fourth-order valence-corrected chi connectivity index (χ4v) is 2.32. The van der Waals surface area contributed by atoms with Crippen molar-refractivity contribution in [1.29, 1.82) is 0 Å². The van der Waals surface area contributed by atoms with Crippen molar-refractivity contribution in [3.05, 3.63) is 53.1 Å². The molecule has 0 radical (unpaired) electrons. The van der Waals surface area contributed by atoms with Crippen LogP contribution in [-0.2, 0) is 6.54 Å². The van der Waals surface area contributed by atoms with Crippen molar-refractivity contribution in [2.75, 3.05) is 12.8 Å². The standard InChI is InChI=1S/C15H14ClN3O/c1-20-12-6-7-14-13(8-12)18-15(17)19(14)9-10-2-4-11(16)5-3-10/h2-8H,9H2,1H3,(H2,17,18). The zero-order valence-electron chi connectivity index (χ0n) is 11.0. The van der Waals surface area contributed by atoms with Crippen LogP contribution in [0.1, 0.15) is 5.56 Å². The van der Waals surface area contributed by atoms with Gasteiger partial charge >= 0.3 is 0 Å². The van der Waals surface area contributed by atoms with Crippen LogP contribution in [0.15, 0.2) is 42.5 Å². The number of ether oxygens (including phenoxy) is 1. The summed E-state index contributed by atoms with van der Waals surface area (Å²) in [6.45, 7) is 0.659. The molecule has 0 saturated carbocycles. The van der Waals surface area contributed by atoms with Crippen LogP contribution in [0, 0.1) is 0 Å². The van der Waals surface area contributed by atoms with Gasteiger partial charge in [-0.3, -0.25) is 0 Å². The van der Waals surface area contributed by atoms with Crippen molar-refractivity contribution in [3.63, 3.8) is 0 Å². The summed E-state index contributed by atoms with van der Waals surface area (Å²) < 4.78 is 7.17. The van der Waals surface area contributed by atoms with Crippen LogP contribution in [0.2, 0.25) is 5.02 Å². The first-order valence-electron chi connectivity index (χ1n) is 6.21. The van der Waals surface area contributed by atoms with Gasteiger partial charge in [0.25, 0.3) is 0 Å². The molecule has 3 aromatic rings. The normalized spacial score (nSPS) is 10.9. The molecule has 0 spiro atoms. The van der Waals surface area contributed by atoms with Crippen LogP contribution < -0.4 is 10.5 Å². The summed E-state index contributed by atoms with van der Waals surface area (Å²) in [5.41, 5.74) is 8.94. The number of hydrogen-bond donors (Lipinski definition) is 1. The maximum absolute atomic E-state index is 6.01. The lowest BCUT2D eigenvalue weighted by molar-refractivity contribution is 0.415. The first-order chi connectivity index (χ1) is 9.67. The smallest absolute Gasteiger partial charge is 0.201 e. The summed E-state index contributed by atoms with van der Waals surface area (Å²) in [6, 6.07) is 13.5. The predicted octanol–water partition coefficient (Wildman–Crippen LogP) is 3.33. The van der Waals surface area contributed by atoms with Crippen LogP contribution >= 0.6 is 11.6 Å². The molecule has 5 heteroatoms. The minimum absolute atomic E-state index is 0.489. The second-order valence-electron chi connectivity index (χ2n) is 4.54. The van der Waals surface area contributed by atoms with Gasteiger partial charge in [-0.1, -0.05) is 23.7 Å². The van der Waals surface area contributed by atoms with Crippen LogP contribution in [0.25, 0.3) is 11.0 Å². The van der Waals surface area contributed by atoms with E-state index in [2.05, 4.69) is 4.98 Å². The molecule has 0 atom stereocenters. The molecule has 0 aliphatic heterocycles. The monoisotopic (exact) mass is 287 g/mol. The van der Waals surface area contributed by atoms with Gasteiger partial charge in [-0.25, -0.2) is 4.98 Å².